The van der Waals surface area contributed by atoms with E-state index in [-0.39, 0.29) is 12.3 Å². The van der Waals surface area contributed by atoms with Gasteiger partial charge in [-0.3, -0.25) is 4.79 Å². The number of carboxylic acids is 1. The van der Waals surface area contributed by atoms with E-state index in [1.54, 1.807) is 19.2 Å². The highest BCUT2D eigenvalue weighted by atomic mass is 16.5. The number of hydrogen-bond donors (Lipinski definition) is 2. The zero-order chi connectivity index (χ0) is 18.4. The highest BCUT2D eigenvalue weighted by Crippen LogP contribution is 2.21. The number of benzene rings is 2. The van der Waals surface area contributed by atoms with E-state index >= 15 is 0 Å². The standard InChI is InChI=1S/C20H23NO4/c1-13-6-4-9-17(14(13)2)19(20(23)24)21-18(22)11-10-15-7-5-8-16(12-15)25-3/h4-9,12,19H,10-11H2,1-3H3,(H,21,22)(H,23,24). The number of aliphatic carboxylic acids is 1. The summed E-state index contributed by atoms with van der Waals surface area (Å²) in [5, 5.41) is 12.1. The van der Waals surface area contributed by atoms with Crippen molar-refractivity contribution in [3.05, 3.63) is 64.7 Å². The molecule has 5 nitrogen and oxygen atoms in total. The molecule has 1 atom stereocenters. The maximum absolute atomic E-state index is 12.2. The number of carbonyl (C=O) groups is 2. The monoisotopic (exact) mass is 341 g/mol. The predicted octanol–water partition coefficient (Wildman–Crippen LogP) is 3.19. The van der Waals surface area contributed by atoms with Gasteiger partial charge in [-0.2, -0.15) is 0 Å². The third-order valence-electron chi connectivity index (χ3n) is 4.28. The lowest BCUT2D eigenvalue weighted by Gasteiger charge is -2.18. The zero-order valence-corrected chi connectivity index (χ0v) is 14.7. The largest absolute Gasteiger partial charge is 0.497 e. The molecule has 0 bridgehead atoms. The molecular formula is C20H23NO4. The first kappa shape index (κ1) is 18.5. The van der Waals surface area contributed by atoms with Crippen LogP contribution in [0, 0.1) is 13.8 Å². The Morgan fingerprint density at radius 3 is 2.56 bits per heavy atom. The Balaban J connectivity index is 2.05. The van der Waals surface area contributed by atoms with Crippen LogP contribution in [-0.2, 0) is 16.0 Å². The van der Waals surface area contributed by atoms with E-state index in [0.29, 0.717) is 12.0 Å². The molecule has 25 heavy (non-hydrogen) atoms. The molecule has 0 aliphatic rings. The first-order chi connectivity index (χ1) is 11.9. The van der Waals surface area contributed by atoms with Gasteiger partial charge < -0.3 is 15.2 Å². The summed E-state index contributed by atoms with van der Waals surface area (Å²) in [7, 11) is 1.59. The van der Waals surface area contributed by atoms with Gasteiger partial charge in [-0.05, 0) is 54.7 Å². The summed E-state index contributed by atoms with van der Waals surface area (Å²) in [6, 6.07) is 11.9. The second-order valence-corrected chi connectivity index (χ2v) is 5.98. The third-order valence-corrected chi connectivity index (χ3v) is 4.28. The lowest BCUT2D eigenvalue weighted by atomic mass is 9.97. The number of methoxy groups -OCH3 is 1. The quantitative estimate of drug-likeness (QED) is 0.811. The van der Waals surface area contributed by atoms with Crippen molar-refractivity contribution in [2.24, 2.45) is 0 Å². The second-order valence-electron chi connectivity index (χ2n) is 5.98. The van der Waals surface area contributed by atoms with Crippen molar-refractivity contribution in [1.29, 1.82) is 0 Å². The Bertz CT molecular complexity index is 770. The molecule has 2 N–H and O–H groups in total. The van der Waals surface area contributed by atoms with Gasteiger partial charge in [-0.15, -0.1) is 0 Å². The molecule has 1 amide bonds. The van der Waals surface area contributed by atoms with Crippen molar-refractivity contribution in [2.45, 2.75) is 32.7 Å². The molecule has 0 radical (unpaired) electrons. The van der Waals surface area contributed by atoms with Gasteiger partial charge in [0.25, 0.3) is 0 Å². The number of nitrogens with one attached hydrogen (secondary N) is 1. The van der Waals surface area contributed by atoms with E-state index in [0.717, 1.165) is 22.4 Å². The van der Waals surface area contributed by atoms with Crippen LogP contribution in [0.15, 0.2) is 42.5 Å². The lowest BCUT2D eigenvalue weighted by molar-refractivity contribution is -0.142. The van der Waals surface area contributed by atoms with E-state index in [1.165, 1.54) is 0 Å². The van der Waals surface area contributed by atoms with Gasteiger partial charge in [0.05, 0.1) is 7.11 Å². The summed E-state index contributed by atoms with van der Waals surface area (Å²) in [5.74, 6) is -0.628. The summed E-state index contributed by atoms with van der Waals surface area (Å²) in [4.78, 5) is 23.9. The number of rotatable bonds is 7. The number of ether oxygens (including phenoxy) is 1. The molecule has 0 aliphatic carbocycles. The molecule has 2 aromatic rings. The van der Waals surface area contributed by atoms with Crippen molar-refractivity contribution in [2.75, 3.05) is 7.11 Å². The van der Waals surface area contributed by atoms with Gasteiger partial charge in [0.2, 0.25) is 5.91 Å². The Morgan fingerprint density at radius 2 is 1.88 bits per heavy atom. The van der Waals surface area contributed by atoms with E-state index in [1.807, 2.05) is 44.2 Å². The highest BCUT2D eigenvalue weighted by molar-refractivity contribution is 5.85. The Hall–Kier alpha value is -2.82. The highest BCUT2D eigenvalue weighted by Gasteiger charge is 2.23. The zero-order valence-electron chi connectivity index (χ0n) is 14.7. The molecule has 132 valence electrons. The Morgan fingerprint density at radius 1 is 1.16 bits per heavy atom. The minimum absolute atomic E-state index is 0.210. The van der Waals surface area contributed by atoms with Gasteiger partial charge in [-0.25, -0.2) is 4.79 Å². The number of aryl methyl sites for hydroxylation is 2. The fourth-order valence-corrected chi connectivity index (χ4v) is 2.68. The molecule has 5 heteroatoms. The van der Waals surface area contributed by atoms with Gasteiger partial charge in [0.1, 0.15) is 5.75 Å². The van der Waals surface area contributed by atoms with Gasteiger partial charge in [0, 0.05) is 6.42 Å². The first-order valence-electron chi connectivity index (χ1n) is 8.13. The summed E-state index contributed by atoms with van der Waals surface area (Å²) in [6.07, 6.45) is 0.726. The second kappa shape index (κ2) is 8.33. The van der Waals surface area contributed by atoms with Crippen molar-refractivity contribution >= 4 is 11.9 Å². The van der Waals surface area contributed by atoms with Crippen LogP contribution in [0.4, 0.5) is 0 Å². The molecule has 0 saturated carbocycles. The fourth-order valence-electron chi connectivity index (χ4n) is 2.68. The van der Waals surface area contributed by atoms with Crippen LogP contribution in [0.2, 0.25) is 0 Å². The molecule has 0 aliphatic heterocycles. The Labute approximate surface area is 147 Å². The molecule has 1 unspecified atom stereocenters. The van der Waals surface area contributed by atoms with Gasteiger partial charge in [0.15, 0.2) is 6.04 Å². The molecule has 2 rings (SSSR count). The van der Waals surface area contributed by atoms with Gasteiger partial charge in [-0.1, -0.05) is 30.3 Å². The first-order valence-corrected chi connectivity index (χ1v) is 8.13. The Kier molecular flexibility index (Phi) is 6.17. The van der Waals surface area contributed by atoms with E-state index in [4.69, 9.17) is 4.74 Å². The third kappa shape index (κ3) is 4.83. The maximum atomic E-state index is 12.2. The number of carboxylic acid groups (broad SMARTS) is 1. The van der Waals surface area contributed by atoms with Crippen molar-refractivity contribution in [1.82, 2.24) is 5.32 Å². The molecule has 0 aromatic heterocycles. The SMILES string of the molecule is COc1cccc(CCC(=O)NC(C(=O)O)c2cccc(C)c2C)c1. The topological polar surface area (TPSA) is 75.6 Å². The van der Waals surface area contributed by atoms with Crippen LogP contribution in [-0.4, -0.2) is 24.1 Å². The van der Waals surface area contributed by atoms with Crippen LogP contribution < -0.4 is 10.1 Å². The van der Waals surface area contributed by atoms with E-state index in [2.05, 4.69) is 5.32 Å². The van der Waals surface area contributed by atoms with Crippen LogP contribution in [0.25, 0.3) is 0 Å². The van der Waals surface area contributed by atoms with Gasteiger partial charge >= 0.3 is 5.97 Å². The summed E-state index contributed by atoms with van der Waals surface area (Å²) in [6.45, 7) is 3.78. The maximum Gasteiger partial charge on any atom is 0.330 e. The van der Waals surface area contributed by atoms with Crippen molar-refractivity contribution in [3.8, 4) is 5.75 Å². The van der Waals surface area contributed by atoms with Crippen LogP contribution in [0.1, 0.15) is 34.7 Å². The summed E-state index contributed by atoms with van der Waals surface area (Å²) >= 11 is 0. The molecule has 0 saturated heterocycles. The van der Waals surface area contributed by atoms with Crippen LogP contribution >= 0.6 is 0 Å². The van der Waals surface area contributed by atoms with Crippen LogP contribution in [0.3, 0.4) is 0 Å². The predicted molar refractivity (Wildman–Crippen MR) is 95.8 cm³/mol. The molecular weight excluding hydrogens is 318 g/mol. The molecule has 2 aromatic carbocycles. The molecule has 0 heterocycles. The number of carbonyl (C=O) groups excluding carboxylic acids is 1. The number of amides is 1. The van der Waals surface area contributed by atoms with Crippen molar-refractivity contribution in [3.63, 3.8) is 0 Å². The molecule has 0 spiro atoms. The fraction of sp³-hybridized carbons (Fsp3) is 0.300. The minimum atomic E-state index is -1.07. The molecule has 0 fully saturated rings. The smallest absolute Gasteiger partial charge is 0.330 e. The average molecular weight is 341 g/mol. The van der Waals surface area contributed by atoms with E-state index < -0.39 is 12.0 Å². The normalized spacial score (nSPS) is 11.6. The van der Waals surface area contributed by atoms with Crippen molar-refractivity contribution < 1.29 is 19.4 Å². The average Bonchev–Trinajstić information content (AvgIpc) is 2.60. The summed E-state index contributed by atoms with van der Waals surface area (Å²) in [5.41, 5.74) is 3.45. The minimum Gasteiger partial charge on any atom is -0.497 e. The summed E-state index contributed by atoms with van der Waals surface area (Å²) < 4.78 is 5.16. The van der Waals surface area contributed by atoms with E-state index in [9.17, 15) is 14.7 Å². The lowest BCUT2D eigenvalue weighted by Crippen LogP contribution is -2.34. The van der Waals surface area contributed by atoms with Crippen LogP contribution in [0.5, 0.6) is 5.75 Å². The number of hydrogen-bond acceptors (Lipinski definition) is 3.